The highest BCUT2D eigenvalue weighted by molar-refractivity contribution is 5.95. The lowest BCUT2D eigenvalue weighted by molar-refractivity contribution is -0.114. The van der Waals surface area contributed by atoms with Crippen LogP contribution in [-0.2, 0) is 4.79 Å². The Kier molecular flexibility index (Phi) is 8.02. The lowest BCUT2D eigenvalue weighted by Crippen LogP contribution is -2.31. The van der Waals surface area contributed by atoms with E-state index < -0.39 is 0 Å². The summed E-state index contributed by atoms with van der Waals surface area (Å²) in [5, 5.41) is 2.91. The van der Waals surface area contributed by atoms with Gasteiger partial charge in [-0.3, -0.25) is 9.69 Å². The molecule has 3 nitrogen and oxygen atoms in total. The molecule has 0 unspecified atom stereocenters. The number of fused-ring (bicyclic) bond motifs is 2. The second-order valence-electron chi connectivity index (χ2n) is 8.96. The van der Waals surface area contributed by atoms with Crippen LogP contribution in [0.4, 0.5) is 5.69 Å². The van der Waals surface area contributed by atoms with E-state index in [4.69, 9.17) is 0 Å². The van der Waals surface area contributed by atoms with Crippen molar-refractivity contribution >= 4 is 47.8 Å². The minimum atomic E-state index is -0.0469. The molecule has 3 aromatic carbocycles. The van der Waals surface area contributed by atoms with Crippen molar-refractivity contribution in [1.29, 1.82) is 0 Å². The van der Waals surface area contributed by atoms with Gasteiger partial charge in [0.25, 0.3) is 0 Å². The van der Waals surface area contributed by atoms with Gasteiger partial charge in [-0.2, -0.15) is 0 Å². The summed E-state index contributed by atoms with van der Waals surface area (Å²) in [5.74, 6) is -0.0469. The molecule has 5 rings (SSSR count). The topological polar surface area (TPSA) is 32.3 Å². The van der Waals surface area contributed by atoms with Crippen LogP contribution in [-0.4, -0.2) is 30.4 Å². The standard InChI is InChI=1S/C31H30N2O.ClH/c1-23(34)32-30-15-7-4-11-26(30)12-8-20-33-21-18-27(19-22-33)31-28-13-5-2-9-24(28)16-17-25-10-3-6-14-29(25)31;/h2-17H,18-22H2,1H3,(H,32,34);1H. The van der Waals surface area contributed by atoms with Gasteiger partial charge < -0.3 is 5.32 Å². The van der Waals surface area contributed by atoms with Crippen LogP contribution in [0.2, 0.25) is 0 Å². The summed E-state index contributed by atoms with van der Waals surface area (Å²) >= 11 is 0. The highest BCUT2D eigenvalue weighted by atomic mass is 35.5. The average molecular weight is 483 g/mol. The van der Waals surface area contributed by atoms with Gasteiger partial charge in [0.15, 0.2) is 0 Å². The number of hydrogen-bond donors (Lipinski definition) is 1. The van der Waals surface area contributed by atoms with Crippen LogP contribution in [0.5, 0.6) is 0 Å². The minimum absolute atomic E-state index is 0. The third-order valence-electron chi connectivity index (χ3n) is 6.65. The number of likely N-dealkylation sites (tertiary alicyclic amines) is 1. The van der Waals surface area contributed by atoms with E-state index in [9.17, 15) is 4.79 Å². The summed E-state index contributed by atoms with van der Waals surface area (Å²) < 4.78 is 0. The smallest absolute Gasteiger partial charge is 0.221 e. The maximum Gasteiger partial charge on any atom is 0.221 e. The van der Waals surface area contributed by atoms with E-state index in [2.05, 4.69) is 83.1 Å². The van der Waals surface area contributed by atoms with Crippen molar-refractivity contribution in [1.82, 2.24) is 4.90 Å². The molecule has 35 heavy (non-hydrogen) atoms. The Morgan fingerprint density at radius 1 is 0.857 bits per heavy atom. The first kappa shape index (κ1) is 24.7. The number of hydrogen-bond acceptors (Lipinski definition) is 2. The van der Waals surface area contributed by atoms with Gasteiger partial charge in [-0.15, -0.1) is 12.4 Å². The maximum absolute atomic E-state index is 11.5. The first-order valence-corrected chi connectivity index (χ1v) is 12.0. The third kappa shape index (κ3) is 5.64. The Labute approximate surface area is 214 Å². The molecule has 4 heteroatoms. The predicted octanol–water partition coefficient (Wildman–Crippen LogP) is 7.16. The number of piperidine rings is 1. The molecule has 0 aromatic heterocycles. The quantitative estimate of drug-likeness (QED) is 0.334. The predicted molar refractivity (Wildman–Crippen MR) is 151 cm³/mol. The zero-order valence-corrected chi connectivity index (χ0v) is 20.9. The number of anilines is 1. The Morgan fingerprint density at radius 2 is 1.43 bits per heavy atom. The van der Waals surface area contributed by atoms with E-state index in [-0.39, 0.29) is 18.3 Å². The molecule has 1 aliphatic heterocycles. The van der Waals surface area contributed by atoms with Crippen molar-refractivity contribution in [3.05, 3.63) is 112 Å². The van der Waals surface area contributed by atoms with Crippen LogP contribution in [0, 0.1) is 0 Å². The fourth-order valence-electron chi connectivity index (χ4n) is 4.98. The van der Waals surface area contributed by atoms with E-state index in [1.54, 1.807) is 12.5 Å². The van der Waals surface area contributed by atoms with E-state index in [0.29, 0.717) is 0 Å². The number of nitrogens with zero attached hydrogens (tertiary/aromatic N) is 1. The number of nitrogens with one attached hydrogen (secondary N) is 1. The van der Waals surface area contributed by atoms with Crippen molar-refractivity contribution in [2.24, 2.45) is 0 Å². The summed E-state index contributed by atoms with van der Waals surface area (Å²) in [6.45, 7) is 4.55. The monoisotopic (exact) mass is 482 g/mol. The summed E-state index contributed by atoms with van der Waals surface area (Å²) in [7, 11) is 0. The summed E-state index contributed by atoms with van der Waals surface area (Å²) in [5.41, 5.74) is 10.2. The second-order valence-corrected chi connectivity index (χ2v) is 8.96. The Balaban J connectivity index is 0.00000289. The van der Waals surface area contributed by atoms with Crippen LogP contribution in [0.15, 0.2) is 84.4 Å². The summed E-state index contributed by atoms with van der Waals surface area (Å²) in [6.07, 6.45) is 11.0. The van der Waals surface area contributed by atoms with Gasteiger partial charge in [0, 0.05) is 32.2 Å². The van der Waals surface area contributed by atoms with Gasteiger partial charge in [-0.05, 0) is 52.3 Å². The molecule has 1 N–H and O–H groups in total. The second kappa shape index (κ2) is 11.4. The molecule has 0 atom stereocenters. The van der Waals surface area contributed by atoms with Crippen molar-refractivity contribution < 1.29 is 4.79 Å². The molecule has 1 fully saturated rings. The number of carbonyl (C=O) groups excluding carboxylic acids is 1. The maximum atomic E-state index is 11.5. The zero-order valence-electron chi connectivity index (χ0n) is 20.0. The van der Waals surface area contributed by atoms with Crippen LogP contribution in [0.1, 0.15) is 47.6 Å². The van der Waals surface area contributed by atoms with E-state index in [0.717, 1.165) is 43.7 Å². The van der Waals surface area contributed by atoms with Crippen molar-refractivity contribution in [2.75, 3.05) is 25.0 Å². The molecule has 1 aliphatic carbocycles. The normalized spacial score (nSPS) is 15.2. The molecule has 0 bridgehead atoms. The average Bonchev–Trinajstić information content (AvgIpc) is 3.02. The number of halogens is 1. The number of amides is 1. The number of para-hydroxylation sites is 1. The molecule has 2 aliphatic rings. The van der Waals surface area contributed by atoms with Gasteiger partial charge in [-0.1, -0.05) is 96.6 Å². The Bertz CT molecular complexity index is 1240. The van der Waals surface area contributed by atoms with Crippen LogP contribution in [0.25, 0.3) is 23.8 Å². The highest BCUT2D eigenvalue weighted by Crippen LogP contribution is 2.38. The van der Waals surface area contributed by atoms with Gasteiger partial charge in [0.2, 0.25) is 5.91 Å². The molecule has 0 spiro atoms. The molecule has 3 aromatic rings. The van der Waals surface area contributed by atoms with Crippen LogP contribution >= 0.6 is 12.4 Å². The molecule has 0 saturated carbocycles. The Morgan fingerprint density at radius 3 is 2.06 bits per heavy atom. The zero-order chi connectivity index (χ0) is 23.3. The highest BCUT2D eigenvalue weighted by Gasteiger charge is 2.22. The number of benzene rings is 3. The van der Waals surface area contributed by atoms with Crippen molar-refractivity contribution in [3.63, 3.8) is 0 Å². The van der Waals surface area contributed by atoms with E-state index in [1.165, 1.54) is 27.8 Å². The molecular weight excluding hydrogens is 452 g/mol. The van der Waals surface area contributed by atoms with Crippen LogP contribution in [0.3, 0.4) is 0 Å². The SMILES string of the molecule is CC(=O)Nc1ccccc1C=CCN1CCC(=C2c3ccccc3C=Cc3ccccc32)CC1.Cl. The molecule has 1 amide bonds. The number of rotatable bonds is 4. The largest absolute Gasteiger partial charge is 0.326 e. The third-order valence-corrected chi connectivity index (χ3v) is 6.65. The fourth-order valence-corrected chi connectivity index (χ4v) is 4.98. The lowest BCUT2D eigenvalue weighted by atomic mass is 9.86. The summed E-state index contributed by atoms with van der Waals surface area (Å²) in [6, 6.07) is 25.5. The summed E-state index contributed by atoms with van der Waals surface area (Å²) in [4.78, 5) is 14.0. The molecule has 0 radical (unpaired) electrons. The molecule has 1 saturated heterocycles. The van der Waals surface area contributed by atoms with E-state index in [1.807, 2.05) is 24.3 Å². The lowest BCUT2D eigenvalue weighted by Gasteiger charge is -2.29. The Hall–Kier alpha value is -3.40. The molecular formula is C31H31ClN2O. The van der Waals surface area contributed by atoms with Crippen molar-refractivity contribution in [2.45, 2.75) is 19.8 Å². The van der Waals surface area contributed by atoms with Crippen LogP contribution < -0.4 is 5.32 Å². The van der Waals surface area contributed by atoms with Gasteiger partial charge in [0.05, 0.1) is 0 Å². The first-order chi connectivity index (χ1) is 16.7. The van der Waals surface area contributed by atoms with Crippen molar-refractivity contribution in [3.8, 4) is 0 Å². The first-order valence-electron chi connectivity index (χ1n) is 12.0. The molecule has 1 heterocycles. The van der Waals surface area contributed by atoms with E-state index >= 15 is 0 Å². The van der Waals surface area contributed by atoms with Gasteiger partial charge in [-0.25, -0.2) is 0 Å². The number of carbonyl (C=O) groups is 1. The fraction of sp³-hybridized carbons (Fsp3) is 0.194. The molecule has 178 valence electrons. The van der Waals surface area contributed by atoms with Gasteiger partial charge in [0.1, 0.15) is 0 Å². The minimum Gasteiger partial charge on any atom is -0.326 e. The van der Waals surface area contributed by atoms with Gasteiger partial charge >= 0.3 is 0 Å².